The van der Waals surface area contributed by atoms with Crippen LogP contribution in [-0.2, 0) is 0 Å². The monoisotopic (exact) mass is 361 g/mol. The summed E-state index contributed by atoms with van der Waals surface area (Å²) in [6.07, 6.45) is 4.83. The van der Waals surface area contributed by atoms with Crippen molar-refractivity contribution in [3.05, 3.63) is 61.1 Å². The van der Waals surface area contributed by atoms with Crippen molar-refractivity contribution in [2.24, 2.45) is 0 Å². The second-order valence-electron chi connectivity index (χ2n) is 5.54. The number of aromatic nitrogens is 4. The van der Waals surface area contributed by atoms with Crippen LogP contribution in [0.2, 0.25) is 0 Å². The Morgan fingerprint density at radius 1 is 0.926 bits per heavy atom. The van der Waals surface area contributed by atoms with Gasteiger partial charge in [-0.05, 0) is 30.3 Å². The Morgan fingerprint density at radius 2 is 1.78 bits per heavy atom. The lowest BCUT2D eigenvalue weighted by molar-refractivity contribution is 0.409. The number of nitrogen functional groups attached to an aromatic ring is 1. The topological polar surface area (TPSA) is 109 Å². The molecule has 3 heterocycles. The van der Waals surface area contributed by atoms with E-state index in [2.05, 4.69) is 20.2 Å². The van der Waals surface area contributed by atoms with Gasteiger partial charge in [0.2, 0.25) is 5.89 Å². The predicted molar refractivity (Wildman–Crippen MR) is 98.2 cm³/mol. The Labute approximate surface area is 154 Å². The molecule has 0 atom stereocenters. The molecule has 4 aromatic rings. The van der Waals surface area contributed by atoms with E-state index in [1.54, 1.807) is 37.7 Å². The molecule has 8 nitrogen and oxygen atoms in total. The Balaban J connectivity index is 1.64. The van der Waals surface area contributed by atoms with E-state index in [0.717, 1.165) is 0 Å². The van der Waals surface area contributed by atoms with E-state index < -0.39 is 0 Å². The molecular formula is C19H15N5O3. The Morgan fingerprint density at radius 3 is 2.59 bits per heavy atom. The number of hydrogen-bond donors (Lipinski definition) is 1. The van der Waals surface area contributed by atoms with Gasteiger partial charge in [-0.1, -0.05) is 6.07 Å². The van der Waals surface area contributed by atoms with Crippen LogP contribution in [0.4, 0.5) is 5.82 Å². The molecule has 0 aliphatic heterocycles. The third kappa shape index (κ3) is 3.54. The first-order valence-electron chi connectivity index (χ1n) is 8.04. The molecule has 0 aliphatic carbocycles. The zero-order valence-corrected chi connectivity index (χ0v) is 14.4. The highest BCUT2D eigenvalue weighted by Crippen LogP contribution is 2.32. The van der Waals surface area contributed by atoms with Crippen molar-refractivity contribution < 1.29 is 13.9 Å². The number of nitrogens with zero attached hydrogens (tertiary/aromatic N) is 4. The van der Waals surface area contributed by atoms with E-state index in [4.69, 9.17) is 19.6 Å². The van der Waals surface area contributed by atoms with Gasteiger partial charge in [0.15, 0.2) is 0 Å². The fourth-order valence-electron chi connectivity index (χ4n) is 2.42. The van der Waals surface area contributed by atoms with Gasteiger partial charge >= 0.3 is 0 Å². The highest BCUT2D eigenvalue weighted by Gasteiger charge is 2.15. The molecule has 134 valence electrons. The molecule has 0 saturated carbocycles. The zero-order valence-electron chi connectivity index (χ0n) is 14.4. The van der Waals surface area contributed by atoms with Crippen molar-refractivity contribution in [3.63, 3.8) is 0 Å². The molecule has 0 bridgehead atoms. The lowest BCUT2D eigenvalue weighted by Crippen LogP contribution is -1.96. The number of nitrogens with two attached hydrogens (primary N) is 1. The number of hydrogen-bond acceptors (Lipinski definition) is 8. The van der Waals surface area contributed by atoms with Crippen LogP contribution in [0.3, 0.4) is 0 Å². The van der Waals surface area contributed by atoms with Crippen LogP contribution in [0.25, 0.3) is 22.9 Å². The number of rotatable bonds is 5. The SMILES string of the molecule is COc1cccc(Oc2cnc(N)c(-c3nnc(-c4cccnc4)o3)c2)c1. The van der Waals surface area contributed by atoms with Crippen LogP contribution in [0.5, 0.6) is 17.2 Å². The Bertz CT molecular complexity index is 1070. The average molecular weight is 361 g/mol. The minimum Gasteiger partial charge on any atom is -0.497 e. The second-order valence-corrected chi connectivity index (χ2v) is 5.54. The number of benzene rings is 1. The standard InChI is InChI=1S/C19H15N5O3/c1-25-13-5-2-6-14(8-13)26-15-9-16(17(20)22-11-15)19-24-23-18(27-19)12-4-3-7-21-10-12/h2-11H,1H3,(H2,20,22). The molecule has 27 heavy (non-hydrogen) atoms. The van der Waals surface area contributed by atoms with Crippen molar-refractivity contribution in [1.82, 2.24) is 20.2 Å². The maximum absolute atomic E-state index is 5.98. The Hall–Kier alpha value is -3.94. The maximum atomic E-state index is 5.98. The fraction of sp³-hybridized carbons (Fsp3) is 0.0526. The van der Waals surface area contributed by atoms with Gasteiger partial charge in [-0.15, -0.1) is 10.2 Å². The minimum atomic E-state index is 0.245. The molecule has 3 aromatic heterocycles. The summed E-state index contributed by atoms with van der Waals surface area (Å²) in [7, 11) is 1.59. The first-order valence-corrected chi connectivity index (χ1v) is 8.04. The van der Waals surface area contributed by atoms with Gasteiger partial charge in [-0.25, -0.2) is 4.98 Å². The molecule has 0 amide bonds. The van der Waals surface area contributed by atoms with Gasteiger partial charge in [0.05, 0.1) is 24.4 Å². The van der Waals surface area contributed by atoms with Crippen LogP contribution < -0.4 is 15.2 Å². The van der Waals surface area contributed by atoms with Gasteiger partial charge in [0, 0.05) is 18.5 Å². The molecule has 0 spiro atoms. The molecular weight excluding hydrogens is 346 g/mol. The van der Waals surface area contributed by atoms with E-state index in [9.17, 15) is 0 Å². The van der Waals surface area contributed by atoms with Gasteiger partial charge in [0.25, 0.3) is 5.89 Å². The van der Waals surface area contributed by atoms with Crippen molar-refractivity contribution in [3.8, 4) is 40.2 Å². The van der Waals surface area contributed by atoms with Gasteiger partial charge < -0.3 is 19.6 Å². The summed E-state index contributed by atoms with van der Waals surface area (Å²) in [5.41, 5.74) is 7.18. The lowest BCUT2D eigenvalue weighted by Gasteiger charge is -2.08. The summed E-state index contributed by atoms with van der Waals surface area (Å²) in [4.78, 5) is 8.20. The van der Waals surface area contributed by atoms with Gasteiger partial charge in [-0.2, -0.15) is 0 Å². The van der Waals surface area contributed by atoms with Gasteiger partial charge in [0.1, 0.15) is 23.1 Å². The molecule has 0 saturated heterocycles. The molecule has 1 aromatic carbocycles. The summed E-state index contributed by atoms with van der Waals surface area (Å²) in [5, 5.41) is 8.10. The van der Waals surface area contributed by atoms with E-state index in [1.165, 1.54) is 6.20 Å². The summed E-state index contributed by atoms with van der Waals surface area (Å²) in [6, 6.07) is 12.6. The first-order chi connectivity index (χ1) is 13.2. The van der Waals surface area contributed by atoms with Crippen LogP contribution in [-0.4, -0.2) is 27.3 Å². The lowest BCUT2D eigenvalue weighted by atomic mass is 10.2. The summed E-state index contributed by atoms with van der Waals surface area (Å²) in [5.74, 6) is 2.62. The third-order valence-corrected chi connectivity index (χ3v) is 3.73. The zero-order chi connectivity index (χ0) is 18.6. The smallest absolute Gasteiger partial charge is 0.252 e. The van der Waals surface area contributed by atoms with E-state index in [-0.39, 0.29) is 11.7 Å². The number of pyridine rings is 2. The molecule has 0 unspecified atom stereocenters. The number of methoxy groups -OCH3 is 1. The van der Waals surface area contributed by atoms with Crippen molar-refractivity contribution >= 4 is 5.82 Å². The number of ether oxygens (including phenoxy) is 2. The van der Waals surface area contributed by atoms with E-state index >= 15 is 0 Å². The minimum absolute atomic E-state index is 0.245. The summed E-state index contributed by atoms with van der Waals surface area (Å²) < 4.78 is 16.7. The molecule has 0 radical (unpaired) electrons. The van der Waals surface area contributed by atoms with Crippen molar-refractivity contribution in [2.75, 3.05) is 12.8 Å². The van der Waals surface area contributed by atoms with Crippen LogP contribution in [0, 0.1) is 0 Å². The summed E-state index contributed by atoms with van der Waals surface area (Å²) >= 11 is 0. The van der Waals surface area contributed by atoms with Crippen LogP contribution in [0.15, 0.2) is 65.5 Å². The highest BCUT2D eigenvalue weighted by atomic mass is 16.5. The molecule has 0 aliphatic rings. The van der Waals surface area contributed by atoms with Crippen LogP contribution in [0.1, 0.15) is 0 Å². The summed E-state index contributed by atoms with van der Waals surface area (Å²) in [6.45, 7) is 0. The van der Waals surface area contributed by atoms with Gasteiger partial charge in [-0.3, -0.25) is 4.98 Å². The fourth-order valence-corrected chi connectivity index (χ4v) is 2.42. The normalized spacial score (nSPS) is 10.6. The predicted octanol–water partition coefficient (Wildman–Crippen LogP) is 3.58. The quantitative estimate of drug-likeness (QED) is 0.574. The van der Waals surface area contributed by atoms with Crippen molar-refractivity contribution in [2.45, 2.75) is 0 Å². The third-order valence-electron chi connectivity index (χ3n) is 3.73. The molecule has 4 rings (SSSR count). The Kier molecular flexibility index (Phi) is 4.36. The molecule has 8 heteroatoms. The van der Waals surface area contributed by atoms with E-state index in [1.807, 2.05) is 24.3 Å². The second kappa shape index (κ2) is 7.12. The highest BCUT2D eigenvalue weighted by molar-refractivity contribution is 5.69. The first kappa shape index (κ1) is 16.5. The molecule has 2 N–H and O–H groups in total. The molecule has 0 fully saturated rings. The van der Waals surface area contributed by atoms with Crippen molar-refractivity contribution in [1.29, 1.82) is 0 Å². The largest absolute Gasteiger partial charge is 0.497 e. The average Bonchev–Trinajstić information content (AvgIpc) is 3.20. The van der Waals surface area contributed by atoms with Crippen LogP contribution >= 0.6 is 0 Å². The number of anilines is 1. The van der Waals surface area contributed by atoms with E-state index in [0.29, 0.717) is 34.3 Å². The maximum Gasteiger partial charge on any atom is 0.252 e.